The molecule has 216 valence electrons. The standard InChI is InChI=1S/C31H35N2O7P/c1-24(32-31(36)39-21-26-14-7-3-8-15-26)41(37,40-22-27-16-9-4-10-17-27)23-29(34)33-19-11-18-28(33)30(35)38-20-25-12-5-2-6-13-25/h2-10,12-17,24,28H,11,18-23H2,1H3,(H,32,36)/t24?,28-,41?/m0/s1. The average molecular weight is 579 g/mol. The van der Waals surface area contributed by atoms with Crippen molar-refractivity contribution in [3.8, 4) is 0 Å². The van der Waals surface area contributed by atoms with Gasteiger partial charge in [0.1, 0.15) is 31.2 Å². The number of benzene rings is 3. The van der Waals surface area contributed by atoms with Crippen LogP contribution in [0.4, 0.5) is 4.79 Å². The zero-order valence-corrected chi connectivity index (χ0v) is 23.9. The van der Waals surface area contributed by atoms with E-state index in [9.17, 15) is 18.9 Å². The number of carbonyl (C=O) groups is 3. The van der Waals surface area contributed by atoms with E-state index in [1.54, 1.807) is 0 Å². The van der Waals surface area contributed by atoms with E-state index in [0.29, 0.717) is 19.4 Å². The molecule has 1 fully saturated rings. The second kappa shape index (κ2) is 14.6. The molecule has 1 aliphatic heterocycles. The third-order valence-electron chi connectivity index (χ3n) is 6.85. The number of amides is 2. The Morgan fingerprint density at radius 1 is 0.829 bits per heavy atom. The Bertz CT molecular complexity index is 1340. The van der Waals surface area contributed by atoms with Crippen LogP contribution in [-0.4, -0.2) is 47.4 Å². The van der Waals surface area contributed by atoms with E-state index in [0.717, 1.165) is 16.7 Å². The lowest BCUT2D eigenvalue weighted by molar-refractivity contribution is -0.154. The lowest BCUT2D eigenvalue weighted by Gasteiger charge is -2.29. The second-order valence-electron chi connectivity index (χ2n) is 9.86. The fourth-order valence-electron chi connectivity index (χ4n) is 4.50. The number of hydrogen-bond donors (Lipinski definition) is 1. The molecule has 0 saturated carbocycles. The van der Waals surface area contributed by atoms with Crippen molar-refractivity contribution in [1.82, 2.24) is 10.2 Å². The molecule has 9 nitrogen and oxygen atoms in total. The summed E-state index contributed by atoms with van der Waals surface area (Å²) in [6.45, 7) is 1.98. The van der Waals surface area contributed by atoms with Gasteiger partial charge in [0, 0.05) is 6.54 Å². The Labute approximate surface area is 240 Å². The van der Waals surface area contributed by atoms with Gasteiger partial charge in [-0.05, 0) is 36.5 Å². The number of nitrogens with one attached hydrogen (secondary N) is 1. The van der Waals surface area contributed by atoms with Gasteiger partial charge in [-0.1, -0.05) is 91.0 Å². The van der Waals surface area contributed by atoms with Gasteiger partial charge in [-0.2, -0.15) is 0 Å². The van der Waals surface area contributed by atoms with Crippen molar-refractivity contribution in [1.29, 1.82) is 0 Å². The molecule has 0 radical (unpaired) electrons. The molecule has 3 atom stereocenters. The minimum Gasteiger partial charge on any atom is -0.459 e. The molecular weight excluding hydrogens is 543 g/mol. The first-order chi connectivity index (χ1) is 19.8. The molecule has 1 heterocycles. The maximum absolute atomic E-state index is 14.2. The lowest BCUT2D eigenvalue weighted by atomic mass is 10.2. The van der Waals surface area contributed by atoms with Gasteiger partial charge in [-0.15, -0.1) is 0 Å². The van der Waals surface area contributed by atoms with Crippen LogP contribution in [0.25, 0.3) is 0 Å². The van der Waals surface area contributed by atoms with E-state index in [4.69, 9.17) is 14.0 Å². The Kier molecular flexibility index (Phi) is 10.7. The molecule has 2 unspecified atom stereocenters. The maximum atomic E-state index is 14.2. The van der Waals surface area contributed by atoms with Crippen molar-refractivity contribution in [3.63, 3.8) is 0 Å². The van der Waals surface area contributed by atoms with Crippen LogP contribution < -0.4 is 5.32 Å². The van der Waals surface area contributed by atoms with Gasteiger partial charge >= 0.3 is 12.1 Å². The van der Waals surface area contributed by atoms with Crippen molar-refractivity contribution in [3.05, 3.63) is 108 Å². The SMILES string of the molecule is CC(NC(=O)OCc1ccccc1)P(=O)(CC(=O)N1CCC[C@H]1C(=O)OCc1ccccc1)OCc1ccccc1. The maximum Gasteiger partial charge on any atom is 0.408 e. The Morgan fingerprint density at radius 2 is 1.34 bits per heavy atom. The van der Waals surface area contributed by atoms with Crippen LogP contribution >= 0.6 is 7.37 Å². The van der Waals surface area contributed by atoms with Crippen LogP contribution in [0.1, 0.15) is 36.5 Å². The van der Waals surface area contributed by atoms with Crippen molar-refractivity contribution in [2.45, 2.75) is 51.4 Å². The molecule has 0 aliphatic carbocycles. The van der Waals surface area contributed by atoms with Gasteiger partial charge in [-0.3, -0.25) is 9.36 Å². The Morgan fingerprint density at radius 3 is 1.90 bits per heavy atom. The minimum atomic E-state index is -3.81. The quantitative estimate of drug-likeness (QED) is 0.224. The van der Waals surface area contributed by atoms with Gasteiger partial charge < -0.3 is 24.2 Å². The molecule has 3 aromatic rings. The summed E-state index contributed by atoms with van der Waals surface area (Å²) < 4.78 is 30.9. The monoisotopic (exact) mass is 578 g/mol. The molecule has 1 aliphatic rings. The molecule has 0 bridgehead atoms. The zero-order chi connectivity index (χ0) is 29.1. The van der Waals surface area contributed by atoms with Crippen molar-refractivity contribution in [2.24, 2.45) is 0 Å². The number of ether oxygens (including phenoxy) is 2. The number of rotatable bonds is 12. The molecule has 2 amide bonds. The van der Waals surface area contributed by atoms with Gasteiger partial charge in [0.25, 0.3) is 0 Å². The predicted octanol–water partition coefficient (Wildman–Crippen LogP) is 5.49. The molecular formula is C31H35N2O7P. The normalized spacial score (nSPS) is 16.8. The van der Waals surface area contributed by atoms with E-state index >= 15 is 0 Å². The van der Waals surface area contributed by atoms with Gasteiger partial charge in [0.15, 0.2) is 0 Å². The fourth-order valence-corrected chi connectivity index (χ4v) is 6.32. The molecule has 0 aromatic heterocycles. The third-order valence-corrected chi connectivity index (χ3v) is 9.43. The van der Waals surface area contributed by atoms with E-state index in [1.165, 1.54) is 11.8 Å². The van der Waals surface area contributed by atoms with Crippen LogP contribution in [0.2, 0.25) is 0 Å². The number of carbonyl (C=O) groups excluding carboxylic acids is 3. The third kappa shape index (κ3) is 8.77. The summed E-state index contributed by atoms with van der Waals surface area (Å²) in [4.78, 5) is 40.3. The topological polar surface area (TPSA) is 111 Å². The highest BCUT2D eigenvalue weighted by Gasteiger charge is 2.41. The number of nitrogens with zero attached hydrogens (tertiary/aromatic N) is 1. The highest BCUT2D eigenvalue weighted by atomic mass is 31.2. The largest absolute Gasteiger partial charge is 0.459 e. The van der Waals surface area contributed by atoms with E-state index in [1.807, 2.05) is 91.0 Å². The van der Waals surface area contributed by atoms with Gasteiger partial charge in [-0.25, -0.2) is 9.59 Å². The number of esters is 1. The van der Waals surface area contributed by atoms with Gasteiger partial charge in [0.05, 0.1) is 6.61 Å². The molecule has 1 saturated heterocycles. The number of hydrogen-bond acceptors (Lipinski definition) is 7. The first-order valence-electron chi connectivity index (χ1n) is 13.6. The molecule has 4 rings (SSSR count). The van der Waals surface area contributed by atoms with Crippen molar-refractivity contribution >= 4 is 25.3 Å². The van der Waals surface area contributed by atoms with Crippen molar-refractivity contribution < 1.29 is 32.9 Å². The molecule has 10 heteroatoms. The summed E-state index contributed by atoms with van der Waals surface area (Å²) in [5, 5.41) is 2.58. The average Bonchev–Trinajstić information content (AvgIpc) is 3.50. The zero-order valence-electron chi connectivity index (χ0n) is 23.0. The first kappa shape index (κ1) is 30.0. The van der Waals surface area contributed by atoms with Crippen LogP contribution in [-0.2, 0) is 48.0 Å². The smallest absolute Gasteiger partial charge is 0.408 e. The van der Waals surface area contributed by atoms with Crippen LogP contribution in [0.5, 0.6) is 0 Å². The van der Waals surface area contributed by atoms with Crippen LogP contribution in [0, 0.1) is 0 Å². The summed E-state index contributed by atoms with van der Waals surface area (Å²) >= 11 is 0. The summed E-state index contributed by atoms with van der Waals surface area (Å²) in [5.41, 5.74) is 2.41. The Balaban J connectivity index is 1.41. The predicted molar refractivity (Wildman–Crippen MR) is 154 cm³/mol. The summed E-state index contributed by atoms with van der Waals surface area (Å²) in [7, 11) is -3.81. The molecule has 3 aromatic carbocycles. The van der Waals surface area contributed by atoms with Gasteiger partial charge in [0.2, 0.25) is 13.3 Å². The Hall–Kier alpha value is -3.94. The van der Waals surface area contributed by atoms with E-state index in [2.05, 4.69) is 5.32 Å². The van der Waals surface area contributed by atoms with Crippen LogP contribution in [0.15, 0.2) is 91.0 Å². The van der Waals surface area contributed by atoms with Crippen LogP contribution in [0.3, 0.4) is 0 Å². The van der Waals surface area contributed by atoms with Crippen molar-refractivity contribution in [2.75, 3.05) is 12.7 Å². The fraction of sp³-hybridized carbons (Fsp3) is 0.323. The first-order valence-corrected chi connectivity index (χ1v) is 15.5. The number of alkyl carbamates (subject to hydrolysis) is 1. The highest BCUT2D eigenvalue weighted by molar-refractivity contribution is 7.60. The lowest BCUT2D eigenvalue weighted by Crippen LogP contribution is -2.44. The molecule has 1 N–H and O–H groups in total. The van der Waals surface area contributed by atoms with E-state index < -0.39 is 43.3 Å². The summed E-state index contributed by atoms with van der Waals surface area (Å²) in [5.74, 6) is -2.02. The second-order valence-corrected chi connectivity index (χ2v) is 12.7. The molecule has 41 heavy (non-hydrogen) atoms. The minimum absolute atomic E-state index is 0.0149. The summed E-state index contributed by atoms with van der Waals surface area (Å²) in [6.07, 6.45) is -0.191. The highest BCUT2D eigenvalue weighted by Crippen LogP contribution is 2.52. The molecule has 0 spiro atoms. The van der Waals surface area contributed by atoms with E-state index in [-0.39, 0.29) is 19.8 Å². The number of likely N-dealkylation sites (tertiary alicyclic amines) is 1. The summed E-state index contributed by atoms with van der Waals surface area (Å²) in [6, 6.07) is 26.8.